The second-order valence-corrected chi connectivity index (χ2v) is 5.20. The maximum atomic E-state index is 12.3. The van der Waals surface area contributed by atoms with E-state index in [4.69, 9.17) is 11.6 Å². The summed E-state index contributed by atoms with van der Waals surface area (Å²) >= 11 is 5.80. The zero-order chi connectivity index (χ0) is 15.5. The van der Waals surface area contributed by atoms with E-state index in [2.05, 4.69) is 20.5 Å². The molecule has 5 nitrogen and oxygen atoms in total. The first-order valence-electron chi connectivity index (χ1n) is 6.68. The van der Waals surface area contributed by atoms with Crippen LogP contribution in [0.2, 0.25) is 5.15 Å². The van der Waals surface area contributed by atoms with Crippen molar-refractivity contribution in [2.45, 2.75) is 6.92 Å². The Bertz CT molecular complexity index is 814. The molecule has 2 heterocycles. The van der Waals surface area contributed by atoms with Crippen LogP contribution in [0.1, 0.15) is 16.1 Å². The number of hydrogen-bond donors (Lipinski definition) is 2. The second-order valence-electron chi connectivity index (χ2n) is 4.81. The molecule has 2 N–H and O–H groups in total. The van der Waals surface area contributed by atoms with E-state index in [-0.39, 0.29) is 5.91 Å². The first-order chi connectivity index (χ1) is 10.6. The summed E-state index contributed by atoms with van der Waals surface area (Å²) in [5, 5.41) is 10.1. The molecule has 22 heavy (non-hydrogen) atoms. The van der Waals surface area contributed by atoms with Crippen molar-refractivity contribution in [3.63, 3.8) is 0 Å². The van der Waals surface area contributed by atoms with Crippen LogP contribution < -0.4 is 5.32 Å². The summed E-state index contributed by atoms with van der Waals surface area (Å²) in [6.07, 6.45) is 1.53. The van der Waals surface area contributed by atoms with E-state index < -0.39 is 0 Å². The minimum atomic E-state index is -0.276. The van der Waals surface area contributed by atoms with Crippen LogP contribution in [0.4, 0.5) is 5.69 Å². The number of amides is 1. The predicted octanol–water partition coefficient (Wildman–Crippen LogP) is 3.69. The Labute approximate surface area is 132 Å². The summed E-state index contributed by atoms with van der Waals surface area (Å²) in [5.74, 6) is -0.276. The molecule has 3 aromatic rings. The summed E-state index contributed by atoms with van der Waals surface area (Å²) in [6.45, 7) is 1.85. The molecule has 0 fully saturated rings. The molecule has 0 aliphatic carbocycles. The van der Waals surface area contributed by atoms with Crippen molar-refractivity contribution in [2.75, 3.05) is 5.32 Å². The van der Waals surface area contributed by atoms with Gasteiger partial charge in [-0.3, -0.25) is 9.89 Å². The minimum absolute atomic E-state index is 0.276. The number of rotatable bonds is 3. The summed E-state index contributed by atoms with van der Waals surface area (Å²) in [6, 6.07) is 13.1. The van der Waals surface area contributed by atoms with Gasteiger partial charge in [-0.15, -0.1) is 0 Å². The van der Waals surface area contributed by atoms with Crippen LogP contribution in [0.5, 0.6) is 0 Å². The van der Waals surface area contributed by atoms with E-state index >= 15 is 0 Å². The molecule has 110 valence electrons. The van der Waals surface area contributed by atoms with Gasteiger partial charge in [0.25, 0.3) is 5.91 Å². The van der Waals surface area contributed by atoms with Crippen molar-refractivity contribution in [3.8, 4) is 11.3 Å². The average Bonchev–Trinajstić information content (AvgIpc) is 3.01. The Morgan fingerprint density at radius 1 is 1.23 bits per heavy atom. The molecule has 1 aromatic carbocycles. The van der Waals surface area contributed by atoms with Gasteiger partial charge in [-0.1, -0.05) is 41.9 Å². The highest BCUT2D eigenvalue weighted by Crippen LogP contribution is 2.19. The Morgan fingerprint density at radius 3 is 2.73 bits per heavy atom. The van der Waals surface area contributed by atoms with Gasteiger partial charge < -0.3 is 5.32 Å². The first-order valence-corrected chi connectivity index (χ1v) is 7.05. The van der Waals surface area contributed by atoms with Crippen LogP contribution in [0.3, 0.4) is 0 Å². The van der Waals surface area contributed by atoms with E-state index in [0.717, 1.165) is 16.8 Å². The molecule has 0 saturated carbocycles. The van der Waals surface area contributed by atoms with Gasteiger partial charge in [0.1, 0.15) is 10.8 Å². The fourth-order valence-corrected chi connectivity index (χ4v) is 2.25. The largest absolute Gasteiger partial charge is 0.319 e. The van der Waals surface area contributed by atoms with Gasteiger partial charge >= 0.3 is 0 Å². The highest BCUT2D eigenvalue weighted by atomic mass is 35.5. The zero-order valence-electron chi connectivity index (χ0n) is 11.8. The fraction of sp³-hybridized carbons (Fsp3) is 0.0625. The Balaban J connectivity index is 1.80. The summed E-state index contributed by atoms with van der Waals surface area (Å²) < 4.78 is 0. The monoisotopic (exact) mass is 312 g/mol. The number of H-pyrrole nitrogens is 1. The number of aryl methyl sites for hydroxylation is 1. The Hall–Kier alpha value is -2.66. The van der Waals surface area contributed by atoms with Crippen molar-refractivity contribution < 1.29 is 4.79 Å². The standard InChI is InChI=1S/C16H13ClN4O/c1-10-7-15(17)18-9-14(10)19-16(22)13-8-12(20-21-13)11-5-3-2-4-6-11/h2-9H,1H3,(H,19,22)(H,20,21). The molecule has 1 amide bonds. The molecule has 2 aromatic heterocycles. The average molecular weight is 313 g/mol. The van der Waals surface area contributed by atoms with E-state index in [9.17, 15) is 4.79 Å². The number of carbonyl (C=O) groups excluding carboxylic acids is 1. The number of carbonyl (C=O) groups is 1. The molecule has 0 saturated heterocycles. The minimum Gasteiger partial charge on any atom is -0.319 e. The highest BCUT2D eigenvalue weighted by molar-refractivity contribution is 6.29. The quantitative estimate of drug-likeness (QED) is 0.725. The highest BCUT2D eigenvalue weighted by Gasteiger charge is 2.12. The van der Waals surface area contributed by atoms with Crippen LogP contribution in [0.15, 0.2) is 48.7 Å². The molecule has 3 rings (SSSR count). The molecule has 0 unspecified atom stereocenters. The van der Waals surface area contributed by atoms with Crippen molar-refractivity contribution >= 4 is 23.2 Å². The first kappa shape index (κ1) is 14.3. The number of nitrogens with one attached hydrogen (secondary N) is 2. The topological polar surface area (TPSA) is 70.7 Å². The third kappa shape index (κ3) is 2.99. The molecule has 0 aliphatic heterocycles. The van der Waals surface area contributed by atoms with Crippen molar-refractivity contribution in [3.05, 3.63) is 65.1 Å². The van der Waals surface area contributed by atoms with Crippen molar-refractivity contribution in [2.24, 2.45) is 0 Å². The maximum Gasteiger partial charge on any atom is 0.273 e. The molecular formula is C16H13ClN4O. The number of benzene rings is 1. The fourth-order valence-electron chi connectivity index (χ4n) is 2.04. The van der Waals surface area contributed by atoms with Gasteiger partial charge in [0.2, 0.25) is 0 Å². The van der Waals surface area contributed by atoms with Gasteiger partial charge in [-0.25, -0.2) is 4.98 Å². The number of anilines is 1. The van der Waals surface area contributed by atoms with Gasteiger partial charge in [0, 0.05) is 5.56 Å². The van der Waals surface area contributed by atoms with E-state index in [1.807, 2.05) is 37.3 Å². The number of aromatic amines is 1. The molecule has 0 radical (unpaired) electrons. The molecule has 6 heteroatoms. The lowest BCUT2D eigenvalue weighted by Gasteiger charge is -2.06. The van der Waals surface area contributed by atoms with Crippen molar-refractivity contribution in [1.29, 1.82) is 0 Å². The summed E-state index contributed by atoms with van der Waals surface area (Å²) in [7, 11) is 0. The molecule has 0 atom stereocenters. The molecule has 0 bridgehead atoms. The lowest BCUT2D eigenvalue weighted by molar-refractivity contribution is 0.102. The van der Waals surface area contributed by atoms with Crippen LogP contribution in [0.25, 0.3) is 11.3 Å². The lowest BCUT2D eigenvalue weighted by Crippen LogP contribution is -2.13. The van der Waals surface area contributed by atoms with Gasteiger partial charge in [-0.2, -0.15) is 5.10 Å². The van der Waals surface area contributed by atoms with Crippen LogP contribution in [-0.2, 0) is 0 Å². The number of hydrogen-bond acceptors (Lipinski definition) is 3. The van der Waals surface area contributed by atoms with E-state index in [0.29, 0.717) is 16.5 Å². The van der Waals surface area contributed by atoms with Gasteiger partial charge in [-0.05, 0) is 24.6 Å². The maximum absolute atomic E-state index is 12.3. The molecule has 0 aliphatic rings. The lowest BCUT2D eigenvalue weighted by atomic mass is 10.1. The third-order valence-corrected chi connectivity index (χ3v) is 3.42. The Kier molecular flexibility index (Phi) is 3.89. The number of pyridine rings is 1. The SMILES string of the molecule is Cc1cc(Cl)ncc1NC(=O)c1cc(-c2ccccc2)n[nH]1. The van der Waals surface area contributed by atoms with E-state index in [1.54, 1.807) is 12.1 Å². The Morgan fingerprint density at radius 2 is 2.00 bits per heavy atom. The molecular weight excluding hydrogens is 300 g/mol. The summed E-state index contributed by atoms with van der Waals surface area (Å²) in [5.41, 5.74) is 3.51. The predicted molar refractivity (Wildman–Crippen MR) is 86.0 cm³/mol. The second kappa shape index (κ2) is 5.99. The normalized spacial score (nSPS) is 10.5. The van der Waals surface area contributed by atoms with Crippen LogP contribution in [0, 0.1) is 6.92 Å². The van der Waals surface area contributed by atoms with Gasteiger partial charge in [0.05, 0.1) is 17.6 Å². The zero-order valence-corrected chi connectivity index (χ0v) is 12.6. The number of halogens is 1. The van der Waals surface area contributed by atoms with Crippen LogP contribution >= 0.6 is 11.6 Å². The third-order valence-electron chi connectivity index (χ3n) is 3.22. The van der Waals surface area contributed by atoms with Gasteiger partial charge in [0.15, 0.2) is 0 Å². The summed E-state index contributed by atoms with van der Waals surface area (Å²) in [4.78, 5) is 16.2. The van der Waals surface area contributed by atoms with Crippen molar-refractivity contribution in [1.82, 2.24) is 15.2 Å². The smallest absolute Gasteiger partial charge is 0.273 e. The molecule has 0 spiro atoms. The number of aromatic nitrogens is 3. The van der Waals surface area contributed by atoms with Crippen LogP contribution in [-0.4, -0.2) is 21.1 Å². The number of nitrogens with zero attached hydrogens (tertiary/aromatic N) is 2. The van der Waals surface area contributed by atoms with E-state index in [1.165, 1.54) is 6.20 Å².